The number of carbonyl (C=O) groups excluding carboxylic acids is 1. The fraction of sp³-hybridized carbons (Fsp3) is 0.917. The summed E-state index contributed by atoms with van der Waals surface area (Å²) in [7, 11) is 1.47. The molecule has 0 spiro atoms. The smallest absolute Gasteiger partial charge is 0.325 e. The number of nitrogens with one attached hydrogen (secondary N) is 1. The highest BCUT2D eigenvalue weighted by Gasteiger charge is 2.42. The van der Waals surface area contributed by atoms with Crippen LogP contribution in [0, 0.1) is 11.8 Å². The quantitative estimate of drug-likeness (QED) is 0.765. The summed E-state index contributed by atoms with van der Waals surface area (Å²) < 4.78 is 4.85. The van der Waals surface area contributed by atoms with E-state index in [0.717, 1.165) is 18.9 Å². The molecule has 2 fully saturated rings. The number of hydrogen-bond acceptors (Lipinski definition) is 4. The van der Waals surface area contributed by atoms with Gasteiger partial charge in [-0.05, 0) is 56.1 Å². The van der Waals surface area contributed by atoms with Crippen LogP contribution < -0.4 is 5.32 Å². The number of ether oxygens (including phenoxy) is 1. The Morgan fingerprint density at radius 2 is 2.38 bits per heavy atom. The summed E-state index contributed by atoms with van der Waals surface area (Å²) in [5, 5.41) is 3.33. The van der Waals surface area contributed by atoms with Crippen molar-refractivity contribution >= 4 is 17.7 Å². The lowest BCUT2D eigenvalue weighted by atomic mass is 9.88. The second-order valence-electron chi connectivity index (χ2n) is 5.24. The SMILES string of the molecule is COC(=O)C1(C)CC(CC2CCSC2)CN1. The third-order valence-corrected chi connectivity index (χ3v) is 5.04. The van der Waals surface area contributed by atoms with Crippen LogP contribution in [-0.4, -0.2) is 36.7 Å². The maximum absolute atomic E-state index is 11.6. The zero-order chi connectivity index (χ0) is 11.6. The van der Waals surface area contributed by atoms with Crippen molar-refractivity contribution in [2.24, 2.45) is 11.8 Å². The van der Waals surface area contributed by atoms with Gasteiger partial charge in [0.05, 0.1) is 7.11 Å². The Morgan fingerprint density at radius 1 is 1.56 bits per heavy atom. The van der Waals surface area contributed by atoms with Crippen molar-refractivity contribution in [2.45, 2.75) is 31.7 Å². The van der Waals surface area contributed by atoms with Gasteiger partial charge in [0.25, 0.3) is 0 Å². The average molecular weight is 243 g/mol. The van der Waals surface area contributed by atoms with Gasteiger partial charge in [-0.2, -0.15) is 11.8 Å². The van der Waals surface area contributed by atoms with Gasteiger partial charge in [-0.25, -0.2) is 0 Å². The van der Waals surface area contributed by atoms with Crippen LogP contribution in [0.5, 0.6) is 0 Å². The average Bonchev–Trinajstić information content (AvgIpc) is 2.89. The molecule has 2 heterocycles. The number of thioether (sulfide) groups is 1. The Balaban J connectivity index is 1.84. The zero-order valence-corrected chi connectivity index (χ0v) is 10.9. The molecular formula is C12H21NO2S. The summed E-state index contributed by atoms with van der Waals surface area (Å²) in [4.78, 5) is 11.6. The van der Waals surface area contributed by atoms with E-state index < -0.39 is 5.54 Å². The van der Waals surface area contributed by atoms with Gasteiger partial charge in [-0.15, -0.1) is 0 Å². The van der Waals surface area contributed by atoms with E-state index in [4.69, 9.17) is 4.74 Å². The minimum Gasteiger partial charge on any atom is -0.468 e. The zero-order valence-electron chi connectivity index (χ0n) is 10.1. The van der Waals surface area contributed by atoms with Gasteiger partial charge in [0.2, 0.25) is 0 Å². The first kappa shape index (κ1) is 12.2. The lowest BCUT2D eigenvalue weighted by Gasteiger charge is -2.21. The normalized spacial score (nSPS) is 38.9. The highest BCUT2D eigenvalue weighted by molar-refractivity contribution is 7.99. The van der Waals surface area contributed by atoms with Crippen LogP contribution in [0.25, 0.3) is 0 Å². The summed E-state index contributed by atoms with van der Waals surface area (Å²) in [6.07, 6.45) is 3.56. The highest BCUT2D eigenvalue weighted by Crippen LogP contribution is 2.34. The van der Waals surface area contributed by atoms with Gasteiger partial charge in [0.1, 0.15) is 5.54 Å². The van der Waals surface area contributed by atoms with E-state index in [0.29, 0.717) is 5.92 Å². The molecule has 2 aliphatic heterocycles. The number of rotatable bonds is 3. The lowest BCUT2D eigenvalue weighted by Crippen LogP contribution is -2.45. The summed E-state index contributed by atoms with van der Waals surface area (Å²) in [5.41, 5.74) is -0.439. The Bertz CT molecular complexity index is 266. The van der Waals surface area contributed by atoms with Gasteiger partial charge >= 0.3 is 5.97 Å². The monoisotopic (exact) mass is 243 g/mol. The van der Waals surface area contributed by atoms with Crippen molar-refractivity contribution in [3.63, 3.8) is 0 Å². The molecule has 0 aromatic carbocycles. The fourth-order valence-corrected chi connectivity index (χ4v) is 4.18. The van der Waals surface area contributed by atoms with Crippen molar-refractivity contribution in [1.82, 2.24) is 5.32 Å². The van der Waals surface area contributed by atoms with Gasteiger partial charge in [0.15, 0.2) is 0 Å². The Labute approximate surface area is 102 Å². The number of esters is 1. The predicted octanol–water partition coefficient (Wildman–Crippen LogP) is 1.67. The van der Waals surface area contributed by atoms with Crippen molar-refractivity contribution in [2.75, 3.05) is 25.2 Å². The van der Waals surface area contributed by atoms with E-state index in [-0.39, 0.29) is 5.97 Å². The maximum atomic E-state index is 11.6. The van der Waals surface area contributed by atoms with Crippen molar-refractivity contribution < 1.29 is 9.53 Å². The summed E-state index contributed by atoms with van der Waals surface area (Å²) in [5.74, 6) is 4.03. The second kappa shape index (κ2) is 4.96. The molecule has 0 amide bonds. The molecule has 0 aliphatic carbocycles. The first-order valence-electron chi connectivity index (χ1n) is 6.05. The Morgan fingerprint density at radius 3 is 3.00 bits per heavy atom. The Hall–Kier alpha value is -0.220. The van der Waals surface area contributed by atoms with Crippen LogP contribution in [0.2, 0.25) is 0 Å². The molecule has 0 saturated carbocycles. The standard InChI is InChI=1S/C12H21NO2S/c1-12(11(14)15-2)6-10(7-13-12)5-9-3-4-16-8-9/h9-10,13H,3-8H2,1-2H3. The van der Waals surface area contributed by atoms with Crippen LogP contribution in [0.3, 0.4) is 0 Å². The molecule has 0 aromatic rings. The summed E-state index contributed by atoms with van der Waals surface area (Å²) in [6, 6.07) is 0. The van der Waals surface area contributed by atoms with Crippen LogP contribution in [0.15, 0.2) is 0 Å². The molecule has 2 rings (SSSR count). The first-order chi connectivity index (χ1) is 7.64. The lowest BCUT2D eigenvalue weighted by molar-refractivity contribution is -0.147. The first-order valence-corrected chi connectivity index (χ1v) is 7.21. The molecule has 0 radical (unpaired) electrons. The van der Waals surface area contributed by atoms with Crippen molar-refractivity contribution in [1.29, 1.82) is 0 Å². The molecular weight excluding hydrogens is 222 g/mol. The van der Waals surface area contributed by atoms with Crippen LogP contribution in [-0.2, 0) is 9.53 Å². The molecule has 3 atom stereocenters. The van der Waals surface area contributed by atoms with E-state index in [9.17, 15) is 4.79 Å². The Kier molecular flexibility index (Phi) is 3.80. The van der Waals surface area contributed by atoms with Gasteiger partial charge in [-0.1, -0.05) is 0 Å². The molecule has 4 heteroatoms. The van der Waals surface area contributed by atoms with Gasteiger partial charge < -0.3 is 10.1 Å². The third kappa shape index (κ3) is 2.54. The fourth-order valence-electron chi connectivity index (χ4n) is 2.88. The summed E-state index contributed by atoms with van der Waals surface area (Å²) >= 11 is 2.06. The van der Waals surface area contributed by atoms with Crippen LogP contribution in [0.4, 0.5) is 0 Å². The maximum Gasteiger partial charge on any atom is 0.325 e. The number of hydrogen-bond donors (Lipinski definition) is 1. The largest absolute Gasteiger partial charge is 0.468 e. The van der Waals surface area contributed by atoms with Crippen LogP contribution >= 0.6 is 11.8 Å². The molecule has 2 saturated heterocycles. The second-order valence-corrected chi connectivity index (χ2v) is 6.39. The van der Waals surface area contributed by atoms with E-state index in [2.05, 4.69) is 17.1 Å². The number of carbonyl (C=O) groups is 1. The van der Waals surface area contributed by atoms with E-state index in [1.807, 2.05) is 6.92 Å². The van der Waals surface area contributed by atoms with Gasteiger partial charge in [-0.3, -0.25) is 4.79 Å². The molecule has 0 bridgehead atoms. The molecule has 92 valence electrons. The van der Waals surface area contributed by atoms with E-state index >= 15 is 0 Å². The summed E-state index contributed by atoms with van der Waals surface area (Å²) in [6.45, 7) is 2.93. The van der Waals surface area contributed by atoms with Gasteiger partial charge in [0, 0.05) is 0 Å². The minimum atomic E-state index is -0.439. The molecule has 0 aromatic heterocycles. The topological polar surface area (TPSA) is 38.3 Å². The molecule has 3 nitrogen and oxygen atoms in total. The number of methoxy groups -OCH3 is 1. The molecule has 1 N–H and O–H groups in total. The molecule has 3 unspecified atom stereocenters. The molecule has 16 heavy (non-hydrogen) atoms. The van der Waals surface area contributed by atoms with E-state index in [1.165, 1.54) is 31.5 Å². The van der Waals surface area contributed by atoms with Crippen molar-refractivity contribution in [3.8, 4) is 0 Å². The predicted molar refractivity (Wildman–Crippen MR) is 66.6 cm³/mol. The van der Waals surface area contributed by atoms with Crippen LogP contribution in [0.1, 0.15) is 26.2 Å². The third-order valence-electron chi connectivity index (χ3n) is 3.80. The highest BCUT2D eigenvalue weighted by atomic mass is 32.2. The minimum absolute atomic E-state index is 0.115. The molecule has 2 aliphatic rings. The van der Waals surface area contributed by atoms with E-state index in [1.54, 1.807) is 0 Å². The van der Waals surface area contributed by atoms with Crippen molar-refractivity contribution in [3.05, 3.63) is 0 Å².